The Hall–Kier alpha value is -4.32. The third kappa shape index (κ3) is 8.09. The molecule has 0 spiro atoms. The maximum absolute atomic E-state index is 13.4. The maximum Gasteiger partial charge on any atom is 0.410 e. The number of ether oxygens (including phenoxy) is 2. The molecule has 2 atom stereocenters. The van der Waals surface area contributed by atoms with E-state index in [4.69, 9.17) is 18.9 Å². The van der Waals surface area contributed by atoms with Gasteiger partial charge in [-0.3, -0.25) is 9.69 Å². The van der Waals surface area contributed by atoms with E-state index in [2.05, 4.69) is 15.6 Å². The summed E-state index contributed by atoms with van der Waals surface area (Å²) in [7, 11) is 1.93. The SMILES string of the molecule is CCN(C)c1cc(C(=O)NC[C@@H](O)[C@@H]2Cc3ccc(OCc4ocnc4C)cc3CN2C(=O)OC(C)(C)C)cc(NC2CCC2)n1. The number of anilines is 2. The van der Waals surface area contributed by atoms with Crippen LogP contribution < -0.4 is 20.3 Å². The van der Waals surface area contributed by atoms with Gasteiger partial charge in [0.2, 0.25) is 0 Å². The number of nitrogens with zero attached hydrogens (tertiary/aromatic N) is 4. The molecule has 1 aliphatic carbocycles. The Kier molecular flexibility index (Phi) is 10.0. The highest BCUT2D eigenvalue weighted by Crippen LogP contribution is 2.30. The minimum Gasteiger partial charge on any atom is -0.486 e. The third-order valence-corrected chi connectivity index (χ3v) is 8.50. The molecule has 3 N–H and O–H groups in total. The molecule has 1 saturated carbocycles. The molecule has 2 aromatic heterocycles. The number of nitrogens with one attached hydrogen (secondary N) is 2. The molecule has 248 valence electrons. The number of oxazole rings is 1. The second kappa shape index (κ2) is 14.0. The van der Waals surface area contributed by atoms with Gasteiger partial charge in [0, 0.05) is 38.3 Å². The van der Waals surface area contributed by atoms with Crippen molar-refractivity contribution >= 4 is 23.6 Å². The molecule has 2 aliphatic rings. The van der Waals surface area contributed by atoms with Crippen LogP contribution >= 0.6 is 0 Å². The van der Waals surface area contributed by atoms with Gasteiger partial charge in [-0.15, -0.1) is 0 Å². The molecular formula is C34H46N6O6. The molecule has 2 amide bonds. The van der Waals surface area contributed by atoms with Crippen molar-refractivity contribution < 1.29 is 28.6 Å². The lowest BCUT2D eigenvalue weighted by atomic mass is 9.91. The Balaban J connectivity index is 1.30. The summed E-state index contributed by atoms with van der Waals surface area (Å²) in [6, 6.07) is 8.95. The molecule has 3 heterocycles. The van der Waals surface area contributed by atoms with E-state index in [1.807, 2.05) is 44.0 Å². The summed E-state index contributed by atoms with van der Waals surface area (Å²) in [5.41, 5.74) is 2.36. The second-order valence-electron chi connectivity index (χ2n) is 13.1. The lowest BCUT2D eigenvalue weighted by molar-refractivity contribution is -0.0113. The molecule has 12 heteroatoms. The monoisotopic (exact) mass is 634 g/mol. The summed E-state index contributed by atoms with van der Waals surface area (Å²) in [4.78, 5) is 39.1. The predicted octanol–water partition coefficient (Wildman–Crippen LogP) is 4.83. The fraction of sp³-hybridized carbons (Fsp3) is 0.529. The van der Waals surface area contributed by atoms with Crippen LogP contribution in [0.4, 0.5) is 16.4 Å². The maximum atomic E-state index is 13.4. The second-order valence-corrected chi connectivity index (χ2v) is 13.1. The Labute approximate surface area is 270 Å². The largest absolute Gasteiger partial charge is 0.486 e. The fourth-order valence-corrected chi connectivity index (χ4v) is 5.43. The summed E-state index contributed by atoms with van der Waals surface area (Å²) in [5.74, 6) is 2.29. The highest BCUT2D eigenvalue weighted by Gasteiger charge is 2.37. The van der Waals surface area contributed by atoms with Gasteiger partial charge in [-0.25, -0.2) is 14.8 Å². The number of aromatic nitrogens is 2. The molecular weight excluding hydrogens is 588 g/mol. The molecule has 0 radical (unpaired) electrons. The molecule has 1 fully saturated rings. The number of amides is 2. The summed E-state index contributed by atoms with van der Waals surface area (Å²) in [5, 5.41) is 17.8. The quantitative estimate of drug-likeness (QED) is 0.268. The average Bonchev–Trinajstić information content (AvgIpc) is 3.42. The molecule has 46 heavy (non-hydrogen) atoms. The Morgan fingerprint density at radius 3 is 2.63 bits per heavy atom. The highest BCUT2D eigenvalue weighted by atomic mass is 16.6. The van der Waals surface area contributed by atoms with Crippen molar-refractivity contribution in [2.45, 2.75) is 97.2 Å². The minimum atomic E-state index is -1.05. The molecule has 5 rings (SSSR count). The molecule has 0 unspecified atom stereocenters. The predicted molar refractivity (Wildman–Crippen MR) is 174 cm³/mol. The van der Waals surface area contributed by atoms with E-state index in [0.717, 1.165) is 36.2 Å². The minimum absolute atomic E-state index is 0.0531. The Morgan fingerprint density at radius 1 is 1.20 bits per heavy atom. The van der Waals surface area contributed by atoms with E-state index >= 15 is 0 Å². The first-order chi connectivity index (χ1) is 21.9. The normalized spacial score (nSPS) is 17.0. The van der Waals surface area contributed by atoms with Gasteiger partial charge < -0.3 is 34.5 Å². The smallest absolute Gasteiger partial charge is 0.410 e. The summed E-state index contributed by atoms with van der Waals surface area (Å²) in [6.07, 6.45) is 3.52. The Morgan fingerprint density at radius 2 is 1.98 bits per heavy atom. The number of fused-ring (bicyclic) bond motifs is 1. The lowest BCUT2D eigenvalue weighted by Gasteiger charge is -2.40. The molecule has 1 aliphatic heterocycles. The standard InChI is InChI=1S/C34H46N6O6/c1-7-39(6)31-16-23(15-30(38-31)37-25-9-8-10-25)32(42)35-17-28(41)27-14-22-11-12-26(44-19-29-21(2)36-20-45-29)13-24(22)18-40(27)33(43)46-34(3,4)5/h11-13,15-16,20,25,27-28,41H,7-10,14,17-19H2,1-6H3,(H,35,42)(H,37,38)/t27-,28+/m0/s1. The topological polar surface area (TPSA) is 142 Å². The highest BCUT2D eigenvalue weighted by molar-refractivity contribution is 5.95. The van der Waals surface area contributed by atoms with Gasteiger partial charge in [-0.1, -0.05) is 6.07 Å². The zero-order chi connectivity index (χ0) is 33.0. The third-order valence-electron chi connectivity index (χ3n) is 8.50. The zero-order valence-corrected chi connectivity index (χ0v) is 27.6. The van der Waals surface area contributed by atoms with Crippen LogP contribution in [0.2, 0.25) is 0 Å². The van der Waals surface area contributed by atoms with Gasteiger partial charge >= 0.3 is 6.09 Å². The van der Waals surface area contributed by atoms with Crippen molar-refractivity contribution in [3.8, 4) is 5.75 Å². The van der Waals surface area contributed by atoms with E-state index in [-0.39, 0.29) is 25.6 Å². The molecule has 3 aromatic rings. The Bertz CT molecular complexity index is 1530. The first-order valence-corrected chi connectivity index (χ1v) is 16.0. The van der Waals surface area contributed by atoms with Crippen molar-refractivity contribution in [1.29, 1.82) is 0 Å². The van der Waals surface area contributed by atoms with Crippen molar-refractivity contribution in [3.05, 3.63) is 64.9 Å². The van der Waals surface area contributed by atoms with Crippen molar-refractivity contribution in [3.63, 3.8) is 0 Å². The van der Waals surface area contributed by atoms with Gasteiger partial charge in [0.25, 0.3) is 5.91 Å². The number of carbonyl (C=O) groups excluding carboxylic acids is 2. The van der Waals surface area contributed by atoms with Crippen LogP contribution in [0.1, 0.15) is 79.9 Å². The van der Waals surface area contributed by atoms with Crippen LogP contribution in [-0.2, 0) is 24.3 Å². The van der Waals surface area contributed by atoms with E-state index in [1.54, 1.807) is 32.9 Å². The van der Waals surface area contributed by atoms with Crippen LogP contribution in [0.25, 0.3) is 0 Å². The number of aryl methyl sites for hydroxylation is 1. The number of aliphatic hydroxyl groups is 1. The summed E-state index contributed by atoms with van der Waals surface area (Å²) < 4.78 is 17.1. The zero-order valence-electron chi connectivity index (χ0n) is 27.6. The van der Waals surface area contributed by atoms with Gasteiger partial charge in [0.15, 0.2) is 12.2 Å². The van der Waals surface area contributed by atoms with Crippen molar-refractivity contribution in [2.24, 2.45) is 0 Å². The van der Waals surface area contributed by atoms with Crippen LogP contribution in [0.3, 0.4) is 0 Å². The number of benzene rings is 1. The molecule has 0 saturated heterocycles. The van der Waals surface area contributed by atoms with E-state index < -0.39 is 23.8 Å². The molecule has 12 nitrogen and oxygen atoms in total. The first-order valence-electron chi connectivity index (χ1n) is 16.0. The fourth-order valence-electron chi connectivity index (χ4n) is 5.43. The van der Waals surface area contributed by atoms with E-state index in [0.29, 0.717) is 41.2 Å². The van der Waals surface area contributed by atoms with Crippen LogP contribution in [0, 0.1) is 6.92 Å². The van der Waals surface area contributed by atoms with Gasteiger partial charge in [-0.05, 0) is 95.7 Å². The van der Waals surface area contributed by atoms with Gasteiger partial charge in [0.05, 0.1) is 17.8 Å². The number of hydrogen-bond acceptors (Lipinski definition) is 10. The van der Waals surface area contributed by atoms with Crippen molar-refractivity contribution in [2.75, 3.05) is 30.4 Å². The van der Waals surface area contributed by atoms with Gasteiger partial charge in [-0.2, -0.15) is 0 Å². The molecule has 1 aromatic carbocycles. The van der Waals surface area contributed by atoms with E-state index in [9.17, 15) is 14.7 Å². The number of carbonyl (C=O) groups is 2. The van der Waals surface area contributed by atoms with Crippen LogP contribution in [0.15, 0.2) is 41.1 Å². The van der Waals surface area contributed by atoms with Gasteiger partial charge in [0.1, 0.15) is 29.6 Å². The number of pyridine rings is 1. The summed E-state index contributed by atoms with van der Waals surface area (Å²) >= 11 is 0. The summed E-state index contributed by atoms with van der Waals surface area (Å²) in [6.45, 7) is 10.4. The average molecular weight is 635 g/mol. The van der Waals surface area contributed by atoms with E-state index in [1.165, 1.54) is 17.7 Å². The lowest BCUT2D eigenvalue weighted by Crippen LogP contribution is -2.54. The number of aliphatic hydroxyl groups excluding tert-OH is 1. The number of rotatable bonds is 11. The van der Waals surface area contributed by atoms with Crippen LogP contribution in [-0.4, -0.2) is 75.9 Å². The van der Waals surface area contributed by atoms with Crippen molar-refractivity contribution in [1.82, 2.24) is 20.2 Å². The number of hydrogen-bond donors (Lipinski definition) is 3. The first kappa shape index (κ1) is 33.1. The molecule has 0 bridgehead atoms. The van der Waals surface area contributed by atoms with Crippen LogP contribution in [0.5, 0.6) is 5.75 Å².